The van der Waals surface area contributed by atoms with Crippen LogP contribution < -0.4 is 0 Å². The SMILES string of the molecule is C=CCOCCOC(C)=O.CC(=O)O. The fourth-order valence-electron chi connectivity index (χ4n) is 0.411. The van der Waals surface area contributed by atoms with Gasteiger partial charge in [0.05, 0.1) is 13.2 Å². The van der Waals surface area contributed by atoms with Crippen LogP contribution in [0, 0.1) is 0 Å². The molecule has 1 N–H and O–H groups in total. The summed E-state index contributed by atoms with van der Waals surface area (Å²) in [7, 11) is 0. The summed E-state index contributed by atoms with van der Waals surface area (Å²) in [6.45, 7) is 7.17. The van der Waals surface area contributed by atoms with E-state index in [-0.39, 0.29) is 5.97 Å². The van der Waals surface area contributed by atoms with Crippen molar-refractivity contribution in [1.29, 1.82) is 0 Å². The Bertz CT molecular complexity index is 172. The van der Waals surface area contributed by atoms with E-state index in [1.54, 1.807) is 6.08 Å². The maximum Gasteiger partial charge on any atom is 0.302 e. The first-order valence-corrected chi connectivity index (χ1v) is 4.02. The number of ether oxygens (including phenoxy) is 2. The number of carboxylic acids is 1. The number of carboxylic acid groups (broad SMARTS) is 1. The minimum atomic E-state index is -0.833. The normalized spacial score (nSPS) is 8.14. The lowest BCUT2D eigenvalue weighted by Crippen LogP contribution is -2.07. The molecule has 0 aliphatic heterocycles. The molecular weight excluding hydrogens is 188 g/mol. The van der Waals surface area contributed by atoms with E-state index in [0.717, 1.165) is 6.92 Å². The quantitative estimate of drug-likeness (QED) is 0.408. The van der Waals surface area contributed by atoms with E-state index in [0.29, 0.717) is 19.8 Å². The fourth-order valence-corrected chi connectivity index (χ4v) is 0.411. The molecule has 0 spiro atoms. The van der Waals surface area contributed by atoms with Gasteiger partial charge in [0.1, 0.15) is 6.61 Å². The van der Waals surface area contributed by atoms with Crippen molar-refractivity contribution < 1.29 is 24.2 Å². The topological polar surface area (TPSA) is 72.8 Å². The summed E-state index contributed by atoms with van der Waals surface area (Å²) in [6, 6.07) is 0. The first-order valence-electron chi connectivity index (χ1n) is 4.02. The molecule has 0 saturated carbocycles. The lowest BCUT2D eigenvalue weighted by Gasteiger charge is -2.00. The first-order chi connectivity index (χ1) is 6.50. The Balaban J connectivity index is 0. The second-order valence-corrected chi connectivity index (χ2v) is 2.22. The lowest BCUT2D eigenvalue weighted by molar-refractivity contribution is -0.142. The van der Waals surface area contributed by atoms with Crippen LogP contribution in [0.25, 0.3) is 0 Å². The summed E-state index contributed by atoms with van der Waals surface area (Å²) in [5.74, 6) is -1.11. The summed E-state index contributed by atoms with van der Waals surface area (Å²) in [4.78, 5) is 19.2. The molecule has 0 atom stereocenters. The highest BCUT2D eigenvalue weighted by molar-refractivity contribution is 5.65. The molecule has 0 aromatic carbocycles. The lowest BCUT2D eigenvalue weighted by atomic mass is 10.7. The van der Waals surface area contributed by atoms with Gasteiger partial charge in [0.2, 0.25) is 0 Å². The molecule has 0 saturated heterocycles. The summed E-state index contributed by atoms with van der Waals surface area (Å²) in [6.07, 6.45) is 1.65. The zero-order valence-corrected chi connectivity index (χ0v) is 8.49. The first kappa shape index (κ1) is 15.1. The van der Waals surface area contributed by atoms with E-state index in [1.807, 2.05) is 0 Å². The van der Waals surface area contributed by atoms with Crippen LogP contribution in [0.5, 0.6) is 0 Å². The second-order valence-electron chi connectivity index (χ2n) is 2.22. The van der Waals surface area contributed by atoms with Gasteiger partial charge in [0.15, 0.2) is 0 Å². The van der Waals surface area contributed by atoms with Crippen molar-refractivity contribution in [3.63, 3.8) is 0 Å². The van der Waals surface area contributed by atoms with Gasteiger partial charge in [-0.05, 0) is 0 Å². The van der Waals surface area contributed by atoms with Gasteiger partial charge in [-0.3, -0.25) is 9.59 Å². The Morgan fingerprint density at radius 1 is 1.36 bits per heavy atom. The van der Waals surface area contributed by atoms with E-state index in [9.17, 15) is 4.79 Å². The van der Waals surface area contributed by atoms with E-state index in [2.05, 4.69) is 11.3 Å². The van der Waals surface area contributed by atoms with Gasteiger partial charge >= 0.3 is 5.97 Å². The van der Waals surface area contributed by atoms with Crippen molar-refractivity contribution in [2.24, 2.45) is 0 Å². The number of rotatable bonds is 5. The van der Waals surface area contributed by atoms with E-state index >= 15 is 0 Å². The molecule has 0 aliphatic carbocycles. The van der Waals surface area contributed by atoms with Gasteiger partial charge in [-0.1, -0.05) is 6.08 Å². The molecule has 5 nitrogen and oxygen atoms in total. The molecule has 0 bridgehead atoms. The Hall–Kier alpha value is -1.36. The highest BCUT2D eigenvalue weighted by atomic mass is 16.6. The highest BCUT2D eigenvalue weighted by Crippen LogP contribution is 1.79. The average molecular weight is 204 g/mol. The van der Waals surface area contributed by atoms with Crippen LogP contribution in [0.2, 0.25) is 0 Å². The summed E-state index contributed by atoms with van der Waals surface area (Å²) in [5.41, 5.74) is 0. The Kier molecular flexibility index (Phi) is 12.6. The predicted octanol–water partition coefficient (Wildman–Crippen LogP) is 0.843. The third-order valence-corrected chi connectivity index (χ3v) is 0.769. The van der Waals surface area contributed by atoms with Crippen LogP contribution >= 0.6 is 0 Å². The second kappa shape index (κ2) is 11.6. The fraction of sp³-hybridized carbons (Fsp3) is 0.556. The molecule has 82 valence electrons. The van der Waals surface area contributed by atoms with Gasteiger partial charge in [0.25, 0.3) is 5.97 Å². The van der Waals surface area contributed by atoms with Crippen LogP contribution in [-0.4, -0.2) is 36.9 Å². The molecule has 14 heavy (non-hydrogen) atoms. The monoisotopic (exact) mass is 204 g/mol. The molecular formula is C9H16O5. The number of hydrogen-bond acceptors (Lipinski definition) is 4. The van der Waals surface area contributed by atoms with Gasteiger partial charge in [-0.25, -0.2) is 0 Å². The van der Waals surface area contributed by atoms with Crippen LogP contribution in [0.15, 0.2) is 12.7 Å². The summed E-state index contributed by atoms with van der Waals surface area (Å²) in [5, 5.41) is 7.42. The number of carbonyl (C=O) groups excluding carboxylic acids is 1. The van der Waals surface area contributed by atoms with Crippen LogP contribution in [0.4, 0.5) is 0 Å². The molecule has 0 radical (unpaired) electrons. The number of aliphatic carboxylic acids is 1. The maximum absolute atomic E-state index is 10.2. The van der Waals surface area contributed by atoms with Gasteiger partial charge in [-0.2, -0.15) is 0 Å². The third kappa shape index (κ3) is 31.1. The smallest absolute Gasteiger partial charge is 0.302 e. The molecule has 0 amide bonds. The standard InChI is InChI=1S/C7H12O3.C2H4O2/c1-3-4-9-5-6-10-7(2)8;1-2(3)4/h3H,1,4-6H2,2H3;1H3,(H,3,4). The molecule has 0 unspecified atom stereocenters. The molecule has 5 heteroatoms. The Morgan fingerprint density at radius 3 is 2.21 bits per heavy atom. The minimum Gasteiger partial charge on any atom is -0.481 e. The van der Waals surface area contributed by atoms with Crippen molar-refractivity contribution in [3.05, 3.63) is 12.7 Å². The third-order valence-electron chi connectivity index (χ3n) is 0.769. The van der Waals surface area contributed by atoms with Crippen molar-refractivity contribution in [3.8, 4) is 0 Å². The van der Waals surface area contributed by atoms with Crippen LogP contribution in [-0.2, 0) is 19.1 Å². The van der Waals surface area contributed by atoms with Crippen LogP contribution in [0.3, 0.4) is 0 Å². The van der Waals surface area contributed by atoms with E-state index in [1.165, 1.54) is 6.92 Å². The highest BCUT2D eigenvalue weighted by Gasteiger charge is 1.90. The van der Waals surface area contributed by atoms with Gasteiger partial charge in [-0.15, -0.1) is 6.58 Å². The number of esters is 1. The maximum atomic E-state index is 10.2. The number of hydrogen-bond donors (Lipinski definition) is 1. The minimum absolute atomic E-state index is 0.276. The Morgan fingerprint density at radius 2 is 1.86 bits per heavy atom. The molecule has 0 rings (SSSR count). The summed E-state index contributed by atoms with van der Waals surface area (Å²) < 4.78 is 9.53. The summed E-state index contributed by atoms with van der Waals surface area (Å²) >= 11 is 0. The molecule has 0 aromatic rings. The van der Waals surface area contributed by atoms with Crippen molar-refractivity contribution in [2.45, 2.75) is 13.8 Å². The van der Waals surface area contributed by atoms with E-state index < -0.39 is 5.97 Å². The van der Waals surface area contributed by atoms with Crippen molar-refractivity contribution in [1.82, 2.24) is 0 Å². The zero-order chi connectivity index (χ0) is 11.4. The molecule has 0 heterocycles. The zero-order valence-electron chi connectivity index (χ0n) is 8.49. The largest absolute Gasteiger partial charge is 0.481 e. The van der Waals surface area contributed by atoms with Crippen LogP contribution in [0.1, 0.15) is 13.8 Å². The number of carbonyl (C=O) groups is 2. The van der Waals surface area contributed by atoms with E-state index in [4.69, 9.17) is 14.6 Å². The predicted molar refractivity (Wildman–Crippen MR) is 51.0 cm³/mol. The van der Waals surface area contributed by atoms with Crippen molar-refractivity contribution in [2.75, 3.05) is 19.8 Å². The molecule has 0 fully saturated rings. The average Bonchev–Trinajstić information content (AvgIpc) is 2.02. The van der Waals surface area contributed by atoms with Gasteiger partial charge in [0, 0.05) is 13.8 Å². The molecule has 0 aliphatic rings. The van der Waals surface area contributed by atoms with Gasteiger partial charge < -0.3 is 14.6 Å². The Labute approximate surface area is 83.3 Å². The van der Waals surface area contributed by atoms with Crippen molar-refractivity contribution >= 4 is 11.9 Å². The molecule has 0 aromatic heterocycles.